The first-order valence-corrected chi connectivity index (χ1v) is 8.02. The molecule has 1 aromatic rings. The van der Waals surface area contributed by atoms with Gasteiger partial charge < -0.3 is 10.4 Å². The van der Waals surface area contributed by atoms with Crippen molar-refractivity contribution in [3.8, 4) is 0 Å². The Hall–Kier alpha value is -0.860. The molecule has 20 heavy (non-hydrogen) atoms. The Labute approximate surface area is 123 Å². The molecule has 1 aromatic carbocycles. The fourth-order valence-electron chi connectivity index (χ4n) is 3.52. The van der Waals surface area contributed by atoms with Gasteiger partial charge in [-0.2, -0.15) is 0 Å². The zero-order chi connectivity index (χ0) is 14.5. The Morgan fingerprint density at radius 3 is 2.70 bits per heavy atom. The quantitative estimate of drug-likeness (QED) is 0.858. The van der Waals surface area contributed by atoms with E-state index < -0.39 is 0 Å². The molecule has 0 heterocycles. The van der Waals surface area contributed by atoms with Crippen LogP contribution < -0.4 is 5.32 Å². The van der Waals surface area contributed by atoms with E-state index in [4.69, 9.17) is 0 Å². The predicted octanol–water partition coefficient (Wildman–Crippen LogP) is 3.73. The van der Waals surface area contributed by atoms with Crippen molar-refractivity contribution in [2.24, 2.45) is 17.8 Å². The normalized spacial score (nSPS) is 26.9. The van der Waals surface area contributed by atoms with Crippen molar-refractivity contribution in [1.29, 1.82) is 0 Å². The summed E-state index contributed by atoms with van der Waals surface area (Å²) in [7, 11) is 0. The van der Waals surface area contributed by atoms with E-state index in [2.05, 4.69) is 38.2 Å². The van der Waals surface area contributed by atoms with Crippen LogP contribution in [0.3, 0.4) is 0 Å². The van der Waals surface area contributed by atoms with E-state index in [1.807, 2.05) is 12.1 Å². The molecule has 2 rings (SSSR count). The highest BCUT2D eigenvalue weighted by Gasteiger charge is 2.30. The minimum absolute atomic E-state index is 0.128. The Balaban J connectivity index is 1.96. The van der Waals surface area contributed by atoms with Crippen molar-refractivity contribution in [2.45, 2.75) is 59.2 Å². The molecule has 0 bridgehead atoms. The molecule has 0 amide bonds. The van der Waals surface area contributed by atoms with E-state index >= 15 is 0 Å². The maximum absolute atomic E-state index is 9.21. The first-order valence-electron chi connectivity index (χ1n) is 8.02. The van der Waals surface area contributed by atoms with Crippen LogP contribution >= 0.6 is 0 Å². The second-order valence-electron chi connectivity index (χ2n) is 6.79. The van der Waals surface area contributed by atoms with E-state index in [0.29, 0.717) is 6.04 Å². The highest BCUT2D eigenvalue weighted by molar-refractivity contribution is 5.22. The van der Waals surface area contributed by atoms with E-state index in [0.717, 1.165) is 29.9 Å². The van der Waals surface area contributed by atoms with Gasteiger partial charge in [0.15, 0.2) is 0 Å². The smallest absolute Gasteiger partial charge is 0.0681 e. The summed E-state index contributed by atoms with van der Waals surface area (Å²) in [6.45, 7) is 8.11. The Morgan fingerprint density at radius 1 is 1.25 bits per heavy atom. The monoisotopic (exact) mass is 275 g/mol. The van der Waals surface area contributed by atoms with Crippen LogP contribution in [0.5, 0.6) is 0 Å². The second-order valence-corrected chi connectivity index (χ2v) is 6.79. The Morgan fingerprint density at radius 2 is 2.00 bits per heavy atom. The molecule has 2 heteroatoms. The summed E-state index contributed by atoms with van der Waals surface area (Å²) in [5.41, 5.74) is 2.28. The third-order valence-corrected chi connectivity index (χ3v) is 4.76. The molecule has 3 unspecified atom stereocenters. The van der Waals surface area contributed by atoms with Gasteiger partial charge in [0, 0.05) is 12.6 Å². The van der Waals surface area contributed by atoms with Gasteiger partial charge in [-0.05, 0) is 41.7 Å². The highest BCUT2D eigenvalue weighted by atomic mass is 16.3. The summed E-state index contributed by atoms with van der Waals surface area (Å²) in [5.74, 6) is 2.39. The average Bonchev–Trinajstić information content (AvgIpc) is 2.45. The molecule has 0 spiro atoms. The third kappa shape index (κ3) is 4.07. The minimum Gasteiger partial charge on any atom is -0.392 e. The molecule has 1 saturated carbocycles. The molecular formula is C18H29NO. The fraction of sp³-hybridized carbons (Fsp3) is 0.667. The third-order valence-electron chi connectivity index (χ3n) is 4.76. The largest absolute Gasteiger partial charge is 0.392 e. The van der Waals surface area contributed by atoms with Gasteiger partial charge in [-0.25, -0.2) is 0 Å². The number of hydrogen-bond donors (Lipinski definition) is 2. The number of rotatable bonds is 5. The van der Waals surface area contributed by atoms with Crippen LogP contribution in [0.2, 0.25) is 0 Å². The van der Waals surface area contributed by atoms with Crippen molar-refractivity contribution >= 4 is 0 Å². The van der Waals surface area contributed by atoms with Gasteiger partial charge in [0.25, 0.3) is 0 Å². The summed E-state index contributed by atoms with van der Waals surface area (Å²) >= 11 is 0. The van der Waals surface area contributed by atoms with E-state index in [9.17, 15) is 5.11 Å². The Bertz CT molecular complexity index is 416. The van der Waals surface area contributed by atoms with Crippen LogP contribution in [0.25, 0.3) is 0 Å². The van der Waals surface area contributed by atoms with Gasteiger partial charge in [0.05, 0.1) is 6.61 Å². The van der Waals surface area contributed by atoms with Crippen LogP contribution in [0.15, 0.2) is 24.3 Å². The van der Waals surface area contributed by atoms with Crippen LogP contribution in [0, 0.1) is 17.8 Å². The number of benzene rings is 1. The molecule has 1 aliphatic carbocycles. The molecule has 0 saturated heterocycles. The molecule has 0 radical (unpaired) electrons. The molecular weight excluding hydrogens is 246 g/mol. The van der Waals surface area contributed by atoms with Gasteiger partial charge in [0.2, 0.25) is 0 Å². The van der Waals surface area contributed by atoms with Crippen molar-refractivity contribution in [2.75, 3.05) is 0 Å². The number of nitrogens with one attached hydrogen (secondary N) is 1. The maximum atomic E-state index is 9.21. The first-order chi connectivity index (χ1) is 9.60. The second kappa shape index (κ2) is 7.24. The molecule has 2 N–H and O–H groups in total. The highest BCUT2D eigenvalue weighted by Crippen LogP contribution is 2.33. The van der Waals surface area contributed by atoms with Crippen LogP contribution in [-0.4, -0.2) is 11.1 Å². The fourth-order valence-corrected chi connectivity index (χ4v) is 3.52. The molecule has 112 valence electrons. The molecule has 0 aromatic heterocycles. The molecule has 2 nitrogen and oxygen atoms in total. The Kier molecular flexibility index (Phi) is 5.62. The maximum Gasteiger partial charge on any atom is 0.0681 e. The zero-order valence-electron chi connectivity index (χ0n) is 13.1. The standard InChI is InChI=1S/C18H29NO/c1-13(2)17-8-7-14(3)9-18(17)19-11-15-5-4-6-16(10-15)12-20/h4-6,10,13-14,17-20H,7-9,11-12H2,1-3H3. The molecule has 1 aliphatic rings. The molecule has 0 aliphatic heterocycles. The van der Waals surface area contributed by atoms with Gasteiger partial charge in [-0.3, -0.25) is 0 Å². The summed E-state index contributed by atoms with van der Waals surface area (Å²) < 4.78 is 0. The van der Waals surface area contributed by atoms with Gasteiger partial charge in [-0.15, -0.1) is 0 Å². The average molecular weight is 275 g/mol. The lowest BCUT2D eigenvalue weighted by Gasteiger charge is -2.38. The van der Waals surface area contributed by atoms with E-state index in [1.54, 1.807) is 0 Å². The van der Waals surface area contributed by atoms with Crippen LogP contribution in [0.4, 0.5) is 0 Å². The van der Waals surface area contributed by atoms with E-state index in [1.165, 1.54) is 24.8 Å². The first kappa shape index (κ1) is 15.5. The van der Waals surface area contributed by atoms with Crippen molar-refractivity contribution in [3.63, 3.8) is 0 Å². The van der Waals surface area contributed by atoms with Gasteiger partial charge >= 0.3 is 0 Å². The summed E-state index contributed by atoms with van der Waals surface area (Å²) in [6.07, 6.45) is 4.02. The predicted molar refractivity (Wildman–Crippen MR) is 84.3 cm³/mol. The number of aliphatic hydroxyl groups excluding tert-OH is 1. The van der Waals surface area contributed by atoms with E-state index in [-0.39, 0.29) is 6.61 Å². The minimum atomic E-state index is 0.128. The lowest BCUT2D eigenvalue weighted by molar-refractivity contribution is 0.169. The summed E-state index contributed by atoms with van der Waals surface area (Å²) in [6, 6.07) is 8.89. The topological polar surface area (TPSA) is 32.3 Å². The lowest BCUT2D eigenvalue weighted by Crippen LogP contribution is -2.42. The van der Waals surface area contributed by atoms with Gasteiger partial charge in [-0.1, -0.05) is 51.5 Å². The zero-order valence-corrected chi connectivity index (χ0v) is 13.1. The van der Waals surface area contributed by atoms with Crippen molar-refractivity contribution in [1.82, 2.24) is 5.32 Å². The number of hydrogen-bond acceptors (Lipinski definition) is 2. The van der Waals surface area contributed by atoms with Crippen molar-refractivity contribution < 1.29 is 5.11 Å². The SMILES string of the molecule is CC1CCC(C(C)C)C(NCc2cccc(CO)c2)C1. The number of aliphatic hydroxyl groups is 1. The molecule has 3 atom stereocenters. The lowest BCUT2D eigenvalue weighted by atomic mass is 9.74. The van der Waals surface area contributed by atoms with Crippen LogP contribution in [-0.2, 0) is 13.2 Å². The van der Waals surface area contributed by atoms with Crippen molar-refractivity contribution in [3.05, 3.63) is 35.4 Å². The molecule has 1 fully saturated rings. The summed E-state index contributed by atoms with van der Waals surface area (Å²) in [5, 5.41) is 13.0. The van der Waals surface area contributed by atoms with Crippen LogP contribution in [0.1, 0.15) is 51.2 Å². The summed E-state index contributed by atoms with van der Waals surface area (Å²) in [4.78, 5) is 0. The van der Waals surface area contributed by atoms with Gasteiger partial charge in [0.1, 0.15) is 0 Å².